The molecule has 1 amide bonds. The summed E-state index contributed by atoms with van der Waals surface area (Å²) in [5, 5.41) is 0. The van der Waals surface area contributed by atoms with E-state index in [0.717, 1.165) is 48.9 Å². The van der Waals surface area contributed by atoms with Crippen molar-refractivity contribution in [3.05, 3.63) is 57.3 Å². The number of amides is 1. The van der Waals surface area contributed by atoms with E-state index in [9.17, 15) is 4.79 Å². The van der Waals surface area contributed by atoms with Gasteiger partial charge in [-0.3, -0.25) is 9.69 Å². The molecular formula is C23H30N2O2S. The number of piperidine rings is 1. The zero-order valence-corrected chi connectivity index (χ0v) is 17.8. The normalized spacial score (nSPS) is 22.9. The number of aryl methyl sites for hydroxylation is 1. The lowest BCUT2D eigenvalue weighted by atomic mass is 9.79. The molecule has 1 atom stereocenters. The summed E-state index contributed by atoms with van der Waals surface area (Å²) in [6.07, 6.45) is 3.59. The summed E-state index contributed by atoms with van der Waals surface area (Å²) < 4.78 is 5.18. The molecule has 0 saturated carbocycles. The Labute approximate surface area is 172 Å². The summed E-state index contributed by atoms with van der Waals surface area (Å²) >= 11 is 1.56. The quantitative estimate of drug-likeness (QED) is 0.751. The Morgan fingerprint density at radius 3 is 2.89 bits per heavy atom. The van der Waals surface area contributed by atoms with Crippen LogP contribution in [0.15, 0.2) is 36.4 Å². The molecule has 150 valence electrons. The van der Waals surface area contributed by atoms with Crippen LogP contribution in [0.2, 0.25) is 0 Å². The fourth-order valence-electron chi connectivity index (χ4n) is 4.82. The molecule has 1 spiro atoms. The molecule has 0 N–H and O–H groups in total. The van der Waals surface area contributed by atoms with Gasteiger partial charge in [0.15, 0.2) is 0 Å². The Morgan fingerprint density at radius 1 is 1.18 bits per heavy atom. The first-order chi connectivity index (χ1) is 13.6. The fraction of sp³-hybridized carbons (Fsp3) is 0.522. The monoisotopic (exact) mass is 398 g/mol. The van der Waals surface area contributed by atoms with E-state index in [4.69, 9.17) is 4.74 Å². The SMILES string of the molecule is COCc1ccc(C(=O)N2CCC3(CCCN(Cc4cccc(C)c4)C3)C2)s1. The topological polar surface area (TPSA) is 32.8 Å². The summed E-state index contributed by atoms with van der Waals surface area (Å²) in [6.45, 7) is 7.80. The Balaban J connectivity index is 1.39. The minimum atomic E-state index is 0.194. The third-order valence-corrected chi connectivity index (χ3v) is 7.16. The summed E-state index contributed by atoms with van der Waals surface area (Å²) in [5.74, 6) is 0.194. The molecule has 2 aliphatic heterocycles. The van der Waals surface area contributed by atoms with Gasteiger partial charge in [-0.2, -0.15) is 0 Å². The molecule has 0 aliphatic carbocycles. The molecule has 2 fully saturated rings. The number of hydrogen-bond acceptors (Lipinski definition) is 4. The van der Waals surface area contributed by atoms with Crippen molar-refractivity contribution in [1.82, 2.24) is 9.80 Å². The van der Waals surface area contributed by atoms with Crippen LogP contribution in [0.25, 0.3) is 0 Å². The zero-order chi connectivity index (χ0) is 19.6. The van der Waals surface area contributed by atoms with Crippen LogP contribution in [-0.2, 0) is 17.9 Å². The predicted octanol–water partition coefficient (Wildman–Crippen LogP) is 4.33. The lowest BCUT2D eigenvalue weighted by Crippen LogP contribution is -2.44. The Morgan fingerprint density at radius 2 is 2.07 bits per heavy atom. The van der Waals surface area contributed by atoms with Crippen molar-refractivity contribution in [2.45, 2.75) is 39.3 Å². The lowest BCUT2D eigenvalue weighted by Gasteiger charge is -2.40. The second-order valence-electron chi connectivity index (χ2n) is 8.48. The van der Waals surface area contributed by atoms with Crippen molar-refractivity contribution in [2.24, 2.45) is 5.41 Å². The van der Waals surface area contributed by atoms with Crippen molar-refractivity contribution in [3.8, 4) is 0 Å². The number of thiophene rings is 1. The minimum Gasteiger partial charge on any atom is -0.379 e. The van der Waals surface area contributed by atoms with Gasteiger partial charge in [-0.15, -0.1) is 11.3 Å². The van der Waals surface area contributed by atoms with E-state index in [2.05, 4.69) is 41.0 Å². The summed E-state index contributed by atoms with van der Waals surface area (Å²) in [4.78, 5) is 19.6. The third-order valence-electron chi connectivity index (χ3n) is 6.11. The molecule has 4 nitrogen and oxygen atoms in total. The van der Waals surface area contributed by atoms with Gasteiger partial charge in [-0.1, -0.05) is 29.8 Å². The first-order valence-corrected chi connectivity index (χ1v) is 11.0. The zero-order valence-electron chi connectivity index (χ0n) is 16.9. The number of likely N-dealkylation sites (tertiary alicyclic amines) is 2. The number of carbonyl (C=O) groups excluding carboxylic acids is 1. The van der Waals surface area contributed by atoms with E-state index in [1.807, 2.05) is 12.1 Å². The van der Waals surface area contributed by atoms with E-state index in [0.29, 0.717) is 6.61 Å². The Hall–Kier alpha value is -1.69. The van der Waals surface area contributed by atoms with Gasteiger partial charge in [0.2, 0.25) is 0 Å². The smallest absolute Gasteiger partial charge is 0.263 e. The van der Waals surface area contributed by atoms with Crippen LogP contribution in [0.3, 0.4) is 0 Å². The Kier molecular flexibility index (Phi) is 5.85. The van der Waals surface area contributed by atoms with Crippen LogP contribution >= 0.6 is 11.3 Å². The molecule has 3 heterocycles. The van der Waals surface area contributed by atoms with Crippen LogP contribution < -0.4 is 0 Å². The molecule has 2 aromatic rings. The van der Waals surface area contributed by atoms with Gasteiger partial charge in [-0.05, 0) is 50.4 Å². The molecule has 2 aliphatic rings. The van der Waals surface area contributed by atoms with Crippen molar-refractivity contribution in [3.63, 3.8) is 0 Å². The number of methoxy groups -OCH3 is 1. The molecule has 1 unspecified atom stereocenters. The number of benzene rings is 1. The van der Waals surface area contributed by atoms with Gasteiger partial charge in [-0.25, -0.2) is 0 Å². The first-order valence-electron chi connectivity index (χ1n) is 10.2. The summed E-state index contributed by atoms with van der Waals surface area (Å²) in [6, 6.07) is 12.8. The van der Waals surface area contributed by atoms with Crippen molar-refractivity contribution < 1.29 is 9.53 Å². The molecule has 2 saturated heterocycles. The maximum Gasteiger partial charge on any atom is 0.263 e. The first kappa shape index (κ1) is 19.6. The third kappa shape index (κ3) is 4.32. The van der Waals surface area contributed by atoms with Crippen LogP contribution in [0, 0.1) is 12.3 Å². The maximum atomic E-state index is 13.0. The summed E-state index contributed by atoms with van der Waals surface area (Å²) in [7, 11) is 1.69. The fourth-order valence-corrected chi connectivity index (χ4v) is 5.77. The maximum absolute atomic E-state index is 13.0. The molecule has 1 aromatic heterocycles. The highest BCUT2D eigenvalue weighted by Crippen LogP contribution is 2.40. The molecular weight excluding hydrogens is 368 g/mol. The van der Waals surface area contributed by atoms with E-state index in [1.54, 1.807) is 18.4 Å². The lowest BCUT2D eigenvalue weighted by molar-refractivity contribution is 0.0679. The molecule has 0 bridgehead atoms. The van der Waals surface area contributed by atoms with Crippen molar-refractivity contribution >= 4 is 17.2 Å². The van der Waals surface area contributed by atoms with Gasteiger partial charge in [0.05, 0.1) is 11.5 Å². The van der Waals surface area contributed by atoms with Gasteiger partial charge >= 0.3 is 0 Å². The second kappa shape index (κ2) is 8.36. The number of nitrogens with zero attached hydrogens (tertiary/aromatic N) is 2. The minimum absolute atomic E-state index is 0.194. The van der Waals surface area contributed by atoms with Gasteiger partial charge in [0.25, 0.3) is 5.91 Å². The van der Waals surface area contributed by atoms with Crippen molar-refractivity contribution in [2.75, 3.05) is 33.3 Å². The van der Waals surface area contributed by atoms with E-state index >= 15 is 0 Å². The second-order valence-corrected chi connectivity index (χ2v) is 9.65. The molecule has 5 heteroatoms. The molecule has 1 aromatic carbocycles. The average molecular weight is 399 g/mol. The van der Waals surface area contributed by atoms with Gasteiger partial charge < -0.3 is 9.64 Å². The standard InChI is InChI=1S/C23H30N2O2S/c1-18-5-3-6-19(13-18)14-24-11-4-9-23(16-24)10-12-25(17-23)22(26)21-8-7-20(28-21)15-27-2/h3,5-8,13H,4,9-12,14-17H2,1-2H3. The van der Waals surface area contributed by atoms with Crippen molar-refractivity contribution in [1.29, 1.82) is 0 Å². The highest BCUT2D eigenvalue weighted by atomic mass is 32.1. The van der Waals surface area contributed by atoms with E-state index in [1.165, 1.54) is 24.0 Å². The number of hydrogen-bond donors (Lipinski definition) is 0. The summed E-state index contributed by atoms with van der Waals surface area (Å²) in [5.41, 5.74) is 2.99. The van der Waals surface area contributed by atoms with E-state index in [-0.39, 0.29) is 11.3 Å². The number of ether oxygens (including phenoxy) is 1. The molecule has 4 rings (SSSR count). The number of rotatable bonds is 5. The predicted molar refractivity (Wildman–Crippen MR) is 114 cm³/mol. The number of carbonyl (C=O) groups is 1. The average Bonchev–Trinajstić information content (AvgIpc) is 3.29. The van der Waals surface area contributed by atoms with Crippen LogP contribution in [0.1, 0.15) is 44.9 Å². The van der Waals surface area contributed by atoms with E-state index < -0.39 is 0 Å². The highest BCUT2D eigenvalue weighted by Gasteiger charge is 2.43. The molecule has 0 radical (unpaired) electrons. The highest BCUT2D eigenvalue weighted by molar-refractivity contribution is 7.14. The van der Waals surface area contributed by atoms with Gasteiger partial charge in [0.1, 0.15) is 0 Å². The van der Waals surface area contributed by atoms with Crippen LogP contribution in [-0.4, -0.2) is 49.0 Å². The molecule has 28 heavy (non-hydrogen) atoms. The van der Waals surface area contributed by atoms with Gasteiger partial charge in [0, 0.05) is 43.6 Å². The largest absolute Gasteiger partial charge is 0.379 e. The Bertz CT molecular complexity index is 834. The van der Waals surface area contributed by atoms with Crippen LogP contribution in [0.5, 0.6) is 0 Å². The van der Waals surface area contributed by atoms with Crippen LogP contribution in [0.4, 0.5) is 0 Å².